The van der Waals surface area contributed by atoms with Crippen LogP contribution in [0.5, 0.6) is 0 Å². The number of nitrogens with zero attached hydrogens (tertiary/aromatic N) is 4. The zero-order valence-electron chi connectivity index (χ0n) is 33.7. The molecule has 12 nitrogen and oxygen atoms in total. The summed E-state index contributed by atoms with van der Waals surface area (Å²) in [6, 6.07) is 7.21. The van der Waals surface area contributed by atoms with Gasteiger partial charge in [-0.1, -0.05) is 0 Å². The first-order chi connectivity index (χ1) is 27.5. The molecule has 2 N–H and O–H groups in total. The first-order valence-corrected chi connectivity index (χ1v) is 19.9. The van der Waals surface area contributed by atoms with E-state index >= 15 is 0 Å². The highest BCUT2D eigenvalue weighted by Crippen LogP contribution is 2.34. The van der Waals surface area contributed by atoms with Gasteiger partial charge >= 0.3 is 11.9 Å². The van der Waals surface area contributed by atoms with Gasteiger partial charge in [0.2, 0.25) is 0 Å². The quantitative estimate of drug-likeness (QED) is 0.251. The number of rotatable bonds is 10. The summed E-state index contributed by atoms with van der Waals surface area (Å²) in [4.78, 5) is 51.6. The van der Waals surface area contributed by atoms with Crippen LogP contribution in [0.1, 0.15) is 64.5 Å². The smallest absolute Gasteiger partial charge is 0.328 e. The molecule has 2 atom stereocenters. The Hall–Kier alpha value is -4.38. The number of likely N-dealkylation sites (N-methyl/N-ethyl adjacent to an activating group) is 2. The summed E-state index contributed by atoms with van der Waals surface area (Å²) >= 11 is 0. The van der Waals surface area contributed by atoms with Crippen molar-refractivity contribution in [2.24, 2.45) is 0 Å². The Morgan fingerprint density at radius 2 is 1.02 bits per heavy atom. The van der Waals surface area contributed by atoms with Crippen LogP contribution in [0.3, 0.4) is 0 Å². The molecule has 0 aliphatic carbocycles. The number of halogens is 4. The molecule has 0 bridgehead atoms. The molecule has 2 aromatic carbocycles. The van der Waals surface area contributed by atoms with Gasteiger partial charge in [0.1, 0.15) is 35.5 Å². The molecule has 0 aromatic heterocycles. The average Bonchev–Trinajstić information content (AvgIpc) is 3.19. The van der Waals surface area contributed by atoms with E-state index in [1.807, 2.05) is 37.5 Å². The van der Waals surface area contributed by atoms with Gasteiger partial charge in [0.15, 0.2) is 0 Å². The monoisotopic (exact) mass is 820 g/mol. The Morgan fingerprint density at radius 1 is 0.672 bits per heavy atom. The number of piperidine rings is 2. The van der Waals surface area contributed by atoms with Gasteiger partial charge in [-0.05, 0) is 114 Å². The molecule has 6 rings (SSSR count). The number of carbonyl (C=O) groups is 4. The number of likely N-dealkylation sites (tertiary alicyclic amines) is 2. The molecule has 4 aliphatic rings. The molecule has 2 spiro atoms. The molecule has 2 unspecified atom stereocenters. The number of carbonyl (C=O) groups excluding carboxylic acids is 2. The van der Waals surface area contributed by atoms with Crippen molar-refractivity contribution >= 4 is 23.8 Å². The number of amides is 2. The van der Waals surface area contributed by atoms with E-state index in [-0.39, 0.29) is 46.9 Å². The highest BCUT2D eigenvalue weighted by molar-refractivity contribution is 5.89. The van der Waals surface area contributed by atoms with Crippen LogP contribution in [-0.2, 0) is 41.5 Å². The van der Waals surface area contributed by atoms with E-state index in [0.29, 0.717) is 75.4 Å². The Bertz CT molecular complexity index is 1640. The number of benzene rings is 2. The van der Waals surface area contributed by atoms with Crippen LogP contribution < -0.4 is 0 Å². The SMILES string of the molecule is CCN1CC2(CCN(CCc3cc(F)ccc3F)CC2)OC(C)C1=O.CCN1CC2(CCN(CCc3cc(F)ccc3F)CC2)OC(C)C1=O.O=C(O)/C=C\C(=O)O. The third kappa shape index (κ3) is 13.1. The molecule has 2 amide bonds. The molecule has 4 aliphatic heterocycles. The summed E-state index contributed by atoms with van der Waals surface area (Å²) in [5.41, 5.74) is 0.324. The number of hydrogen-bond donors (Lipinski definition) is 2. The lowest BCUT2D eigenvalue weighted by atomic mass is 9.88. The van der Waals surface area contributed by atoms with E-state index in [2.05, 4.69) is 9.80 Å². The van der Waals surface area contributed by atoms with Crippen LogP contribution in [0.4, 0.5) is 17.6 Å². The molecule has 16 heteroatoms. The molecule has 4 fully saturated rings. The highest BCUT2D eigenvalue weighted by Gasteiger charge is 2.46. The normalized spacial score (nSPS) is 22.1. The van der Waals surface area contributed by atoms with Gasteiger partial charge in [0, 0.05) is 77.6 Å². The van der Waals surface area contributed by atoms with Gasteiger partial charge in [-0.2, -0.15) is 0 Å². The van der Waals surface area contributed by atoms with Crippen LogP contribution in [0.15, 0.2) is 48.6 Å². The van der Waals surface area contributed by atoms with Crippen LogP contribution >= 0.6 is 0 Å². The minimum atomic E-state index is -1.26. The lowest BCUT2D eigenvalue weighted by Gasteiger charge is -2.49. The Labute approximate surface area is 337 Å². The summed E-state index contributed by atoms with van der Waals surface area (Å²) in [7, 11) is 0. The zero-order chi connectivity index (χ0) is 42.6. The van der Waals surface area contributed by atoms with Gasteiger partial charge in [-0.25, -0.2) is 27.2 Å². The predicted octanol–water partition coefficient (Wildman–Crippen LogP) is 4.93. The second kappa shape index (κ2) is 21.0. The molecule has 4 saturated heterocycles. The second-order valence-corrected chi connectivity index (χ2v) is 15.3. The van der Waals surface area contributed by atoms with Crippen molar-refractivity contribution in [1.82, 2.24) is 19.6 Å². The molecule has 0 saturated carbocycles. The average molecular weight is 821 g/mol. The van der Waals surface area contributed by atoms with E-state index in [1.54, 1.807) is 0 Å². The largest absolute Gasteiger partial charge is 0.478 e. The van der Waals surface area contributed by atoms with E-state index in [9.17, 15) is 36.7 Å². The molecule has 320 valence electrons. The van der Waals surface area contributed by atoms with Crippen molar-refractivity contribution in [3.05, 3.63) is 82.9 Å². The molecule has 4 heterocycles. The van der Waals surface area contributed by atoms with Gasteiger partial charge in [-0.15, -0.1) is 0 Å². The Morgan fingerprint density at radius 3 is 1.33 bits per heavy atom. The maximum Gasteiger partial charge on any atom is 0.328 e. The summed E-state index contributed by atoms with van der Waals surface area (Å²) in [5, 5.41) is 15.6. The van der Waals surface area contributed by atoms with Crippen molar-refractivity contribution < 1.29 is 56.4 Å². The summed E-state index contributed by atoms with van der Waals surface area (Å²) in [6.07, 6.45) is 4.74. The van der Waals surface area contributed by atoms with E-state index in [1.165, 1.54) is 24.3 Å². The van der Waals surface area contributed by atoms with Gasteiger partial charge in [0.25, 0.3) is 11.8 Å². The van der Waals surface area contributed by atoms with Crippen molar-refractivity contribution in [2.75, 3.05) is 65.4 Å². The molecule has 58 heavy (non-hydrogen) atoms. The Kier molecular flexibility index (Phi) is 16.8. The fourth-order valence-corrected chi connectivity index (χ4v) is 7.92. The van der Waals surface area contributed by atoms with Gasteiger partial charge in [-0.3, -0.25) is 9.59 Å². The molecular weight excluding hydrogens is 764 g/mol. The third-order valence-electron chi connectivity index (χ3n) is 11.2. The molecule has 0 radical (unpaired) electrons. The summed E-state index contributed by atoms with van der Waals surface area (Å²) in [5.74, 6) is -3.88. The lowest BCUT2D eigenvalue weighted by molar-refractivity contribution is -0.189. The number of morpholine rings is 2. The van der Waals surface area contributed by atoms with Gasteiger partial charge < -0.3 is 39.3 Å². The standard InChI is InChI=1S/2C19H26F2N2O2.C4H4O4/c2*1-3-23-13-19(25-14(2)18(23)24)7-10-22(11-8-19)9-6-15-12-16(20)4-5-17(15)21;5-3(6)1-2-4(7)8/h2*4-5,12,14H,3,6-11,13H2,1-2H3;1-2H,(H,5,6)(H,7,8)/b;;2-1-. The minimum absolute atomic E-state index is 0.0668. The lowest BCUT2D eigenvalue weighted by Crippen LogP contribution is -2.61. The first kappa shape index (κ1) is 46.3. The third-order valence-corrected chi connectivity index (χ3v) is 11.2. The number of aliphatic carboxylic acids is 2. The van der Waals surface area contributed by atoms with Crippen molar-refractivity contribution in [3.8, 4) is 0 Å². The van der Waals surface area contributed by atoms with E-state index in [0.717, 1.165) is 64.0 Å². The maximum atomic E-state index is 13.7. The van der Waals surface area contributed by atoms with Crippen LogP contribution in [0, 0.1) is 23.3 Å². The summed E-state index contributed by atoms with van der Waals surface area (Å²) in [6.45, 7) is 15.1. The minimum Gasteiger partial charge on any atom is -0.478 e. The number of hydrogen-bond acceptors (Lipinski definition) is 8. The topological polar surface area (TPSA) is 140 Å². The fourth-order valence-electron chi connectivity index (χ4n) is 7.92. The number of carboxylic acids is 2. The highest BCUT2D eigenvalue weighted by atomic mass is 19.1. The summed E-state index contributed by atoms with van der Waals surface area (Å²) < 4.78 is 66.1. The predicted molar refractivity (Wildman–Crippen MR) is 207 cm³/mol. The first-order valence-electron chi connectivity index (χ1n) is 19.9. The Balaban J connectivity index is 0.000000217. The van der Waals surface area contributed by atoms with Crippen molar-refractivity contribution in [2.45, 2.75) is 89.6 Å². The molecular formula is C42H56F4N4O8. The van der Waals surface area contributed by atoms with Crippen LogP contribution in [-0.4, -0.2) is 142 Å². The van der Waals surface area contributed by atoms with Crippen LogP contribution in [0.25, 0.3) is 0 Å². The van der Waals surface area contributed by atoms with Crippen molar-refractivity contribution in [1.29, 1.82) is 0 Å². The van der Waals surface area contributed by atoms with Crippen molar-refractivity contribution in [3.63, 3.8) is 0 Å². The number of ether oxygens (including phenoxy) is 2. The maximum absolute atomic E-state index is 13.7. The second-order valence-electron chi connectivity index (χ2n) is 15.3. The van der Waals surface area contributed by atoms with E-state index in [4.69, 9.17) is 19.7 Å². The van der Waals surface area contributed by atoms with Crippen LogP contribution in [0.2, 0.25) is 0 Å². The van der Waals surface area contributed by atoms with E-state index < -0.39 is 23.6 Å². The molecule has 2 aromatic rings. The number of carboxylic acid groups (broad SMARTS) is 2. The van der Waals surface area contributed by atoms with Gasteiger partial charge in [0.05, 0.1) is 11.2 Å². The fraction of sp³-hybridized carbons (Fsp3) is 0.571. The zero-order valence-corrected chi connectivity index (χ0v) is 33.7.